The number of nitrogens with zero attached hydrogens (tertiary/aromatic N) is 1. The quantitative estimate of drug-likeness (QED) is 0.226. The minimum absolute atomic E-state index is 0.0339. The van der Waals surface area contributed by atoms with Crippen LogP contribution in [0.15, 0.2) is 48.6 Å². The smallest absolute Gasteiger partial charge is 0.403 e. The van der Waals surface area contributed by atoms with Gasteiger partial charge < -0.3 is 23.8 Å². The number of alkyl halides is 2. The second-order valence-electron chi connectivity index (χ2n) is 14.7. The van der Waals surface area contributed by atoms with Crippen molar-refractivity contribution >= 4 is 40.8 Å². The van der Waals surface area contributed by atoms with Crippen molar-refractivity contribution in [1.29, 1.82) is 0 Å². The third-order valence-corrected chi connectivity index (χ3v) is 16.0. The number of hydrogen-bond donors (Lipinski definition) is 2. The number of aliphatic hydroxyl groups is 1. The lowest BCUT2D eigenvalue weighted by molar-refractivity contribution is -0.171. The van der Waals surface area contributed by atoms with Crippen LogP contribution in [-0.4, -0.2) is 68.9 Å². The van der Waals surface area contributed by atoms with Gasteiger partial charge in [0.2, 0.25) is 10.0 Å². The van der Waals surface area contributed by atoms with Crippen molar-refractivity contribution in [3.05, 3.63) is 70.3 Å². The molecule has 0 radical (unpaired) electrons. The second kappa shape index (κ2) is 14.6. The highest BCUT2D eigenvalue weighted by molar-refractivity contribution is 7.90. The Morgan fingerprint density at radius 3 is 2.54 bits per heavy atom. The average molecular weight is 785 g/mol. The number of amides is 1. The summed E-state index contributed by atoms with van der Waals surface area (Å²) in [6.45, 7) is 6.09. The van der Waals surface area contributed by atoms with Crippen LogP contribution in [0.4, 0.5) is 14.5 Å². The summed E-state index contributed by atoms with van der Waals surface area (Å²) in [5, 5.41) is 11.8. The molecule has 286 valence electrons. The molecule has 6 atom stereocenters. The summed E-state index contributed by atoms with van der Waals surface area (Å²) in [6.07, 6.45) is 5.39. The predicted octanol–water partition coefficient (Wildman–Crippen LogP) is 7.47. The van der Waals surface area contributed by atoms with Crippen molar-refractivity contribution in [2.45, 2.75) is 88.1 Å². The monoisotopic (exact) mass is 784 g/mol. The van der Waals surface area contributed by atoms with Gasteiger partial charge in [0.15, 0.2) is 5.60 Å². The number of benzene rings is 2. The van der Waals surface area contributed by atoms with E-state index in [9.17, 15) is 22.9 Å². The fourth-order valence-electron chi connectivity index (χ4n) is 8.35. The maximum Gasteiger partial charge on any atom is 0.403 e. The van der Waals surface area contributed by atoms with Crippen molar-refractivity contribution in [2.24, 2.45) is 17.8 Å². The second-order valence-corrected chi connectivity index (χ2v) is 19.3. The first-order chi connectivity index (χ1) is 24.5. The normalized spacial score (nSPS) is 31.3. The number of fused-ring (bicyclic) bond motifs is 4. The molecule has 2 N–H and O–H groups in total. The SMILES string of the molecule is CCOP(=O)(OCC)C(F)(F)[C@]1(O)/C=C\C[C@H](C)[C@@H](C)S(=O)(=O)NC(=O)c2ccc3c(c2)N(C[C@@H]2CC[C@H]21)C[C@@]1(CCCc2cc(Cl)ccc21)CO3. The van der Waals surface area contributed by atoms with Crippen molar-refractivity contribution in [3.63, 3.8) is 0 Å². The van der Waals surface area contributed by atoms with Crippen LogP contribution < -0.4 is 14.4 Å². The zero-order chi connectivity index (χ0) is 37.7. The molecule has 2 bridgehead atoms. The molecule has 2 aromatic carbocycles. The number of anilines is 1. The van der Waals surface area contributed by atoms with Crippen molar-refractivity contribution < 1.29 is 45.4 Å². The molecule has 6 rings (SSSR count). The molecule has 2 aromatic rings. The fourth-order valence-corrected chi connectivity index (χ4v) is 11.6. The lowest BCUT2D eigenvalue weighted by Crippen LogP contribution is -2.59. The first-order valence-corrected chi connectivity index (χ1v) is 21.5. The van der Waals surface area contributed by atoms with E-state index in [0.717, 1.165) is 36.5 Å². The predicted molar refractivity (Wildman–Crippen MR) is 196 cm³/mol. The summed E-state index contributed by atoms with van der Waals surface area (Å²) >= 11 is 6.40. The summed E-state index contributed by atoms with van der Waals surface area (Å²) in [6, 6.07) is 10.5. The third kappa shape index (κ3) is 6.83. The first-order valence-electron chi connectivity index (χ1n) is 18.0. The number of carbonyl (C=O) groups is 1. The number of sulfonamides is 1. The number of aryl methyl sites for hydroxylation is 1. The summed E-state index contributed by atoms with van der Waals surface area (Å²) in [7, 11) is -9.43. The van der Waals surface area contributed by atoms with Gasteiger partial charge in [-0.15, -0.1) is 0 Å². The summed E-state index contributed by atoms with van der Waals surface area (Å²) in [5.74, 6) is -2.59. The van der Waals surface area contributed by atoms with E-state index in [2.05, 4.69) is 4.72 Å². The van der Waals surface area contributed by atoms with Crippen LogP contribution in [-0.2, 0) is 35.5 Å². The van der Waals surface area contributed by atoms with Gasteiger partial charge in [0.05, 0.1) is 30.8 Å². The molecule has 1 spiro atoms. The molecule has 1 amide bonds. The van der Waals surface area contributed by atoms with Gasteiger partial charge >= 0.3 is 13.3 Å². The molecule has 52 heavy (non-hydrogen) atoms. The van der Waals surface area contributed by atoms with Crippen LogP contribution in [0.2, 0.25) is 5.02 Å². The number of nitrogens with one attached hydrogen (secondary N) is 1. The van der Waals surface area contributed by atoms with E-state index < -0.39 is 63.2 Å². The van der Waals surface area contributed by atoms with Gasteiger partial charge in [-0.3, -0.25) is 9.36 Å². The molecule has 1 saturated carbocycles. The molecule has 10 nitrogen and oxygen atoms in total. The number of carbonyl (C=O) groups excluding carboxylic acids is 1. The highest BCUT2D eigenvalue weighted by Crippen LogP contribution is 2.69. The Kier molecular flexibility index (Phi) is 11.0. The highest BCUT2D eigenvalue weighted by Gasteiger charge is 2.70. The Morgan fingerprint density at radius 1 is 1.13 bits per heavy atom. The van der Waals surface area contributed by atoms with Crippen molar-refractivity contribution in [3.8, 4) is 5.75 Å². The van der Waals surface area contributed by atoms with Crippen LogP contribution >= 0.6 is 19.2 Å². The Balaban J connectivity index is 1.50. The molecule has 4 aliphatic rings. The molecule has 0 unspecified atom stereocenters. The minimum atomic E-state index is -5.21. The third-order valence-electron chi connectivity index (χ3n) is 11.6. The van der Waals surface area contributed by atoms with Crippen molar-refractivity contribution in [1.82, 2.24) is 4.72 Å². The molecule has 2 aliphatic carbocycles. The molecule has 1 fully saturated rings. The van der Waals surface area contributed by atoms with Crippen LogP contribution in [0, 0.1) is 17.8 Å². The maximum atomic E-state index is 16.9. The Labute approximate surface area is 309 Å². The molecule has 0 aromatic heterocycles. The molecule has 0 saturated heterocycles. The van der Waals surface area contributed by atoms with Gasteiger partial charge in [-0.1, -0.05) is 36.7 Å². The summed E-state index contributed by atoms with van der Waals surface area (Å²) < 4.78 is 93.5. The zero-order valence-electron chi connectivity index (χ0n) is 29.9. The van der Waals surface area contributed by atoms with Gasteiger partial charge in [-0.25, -0.2) is 13.1 Å². The number of halogens is 3. The lowest BCUT2D eigenvalue weighted by Gasteiger charge is -2.51. The van der Waals surface area contributed by atoms with E-state index in [1.807, 2.05) is 23.1 Å². The topological polar surface area (TPSA) is 131 Å². The summed E-state index contributed by atoms with van der Waals surface area (Å²) in [5.41, 5.74) is -5.10. The fraction of sp³-hybridized carbons (Fsp3) is 0.595. The molecule has 2 heterocycles. The Bertz CT molecular complexity index is 1870. The molecular formula is C37H48ClF2N2O8PS. The van der Waals surface area contributed by atoms with Gasteiger partial charge in [0, 0.05) is 35.0 Å². The Morgan fingerprint density at radius 2 is 1.87 bits per heavy atom. The molecule has 15 heteroatoms. The molecular weight excluding hydrogens is 737 g/mol. The Hall–Kier alpha value is -2.54. The van der Waals surface area contributed by atoms with E-state index in [1.54, 1.807) is 19.1 Å². The molecule has 2 aliphatic heterocycles. The van der Waals surface area contributed by atoms with Crippen molar-refractivity contribution in [2.75, 3.05) is 37.8 Å². The highest BCUT2D eigenvalue weighted by atomic mass is 35.5. The minimum Gasteiger partial charge on any atom is -0.490 e. The first kappa shape index (κ1) is 39.2. The van der Waals surface area contributed by atoms with Gasteiger partial charge in [-0.05, 0) is 113 Å². The maximum absolute atomic E-state index is 16.9. The van der Waals surface area contributed by atoms with Gasteiger partial charge in [0.1, 0.15) is 5.75 Å². The van der Waals surface area contributed by atoms with Gasteiger partial charge in [0.25, 0.3) is 5.91 Å². The zero-order valence-corrected chi connectivity index (χ0v) is 32.4. The van der Waals surface area contributed by atoms with E-state index in [1.165, 1.54) is 32.9 Å². The number of hydrogen-bond acceptors (Lipinski definition) is 9. The summed E-state index contributed by atoms with van der Waals surface area (Å²) in [4.78, 5) is 15.5. The van der Waals surface area contributed by atoms with Gasteiger partial charge in [-0.2, -0.15) is 8.78 Å². The number of rotatable bonds is 6. The number of ether oxygens (including phenoxy) is 1. The van der Waals surface area contributed by atoms with E-state index in [4.69, 9.17) is 25.4 Å². The van der Waals surface area contributed by atoms with E-state index >= 15 is 8.78 Å². The van der Waals surface area contributed by atoms with E-state index in [0.29, 0.717) is 36.0 Å². The van der Waals surface area contributed by atoms with Crippen LogP contribution in [0.1, 0.15) is 81.3 Å². The largest absolute Gasteiger partial charge is 0.490 e. The number of allylic oxidation sites excluding steroid dienone is 1. The van der Waals surface area contributed by atoms with Crippen LogP contribution in [0.25, 0.3) is 0 Å². The van der Waals surface area contributed by atoms with Crippen LogP contribution in [0.5, 0.6) is 5.75 Å². The van der Waals surface area contributed by atoms with E-state index in [-0.39, 0.29) is 38.2 Å². The lowest BCUT2D eigenvalue weighted by atomic mass is 9.64. The standard InChI is InChI=1S/C37H48ClF2N2O8PS/c1-5-49-51(45,50-6-2)37(39,40)36(44)18-7-9-24(3)25(4)52(46,47)41-34(43)27-12-16-33-32(20-27)42(21-28-11-14-31(28)36)22-35(23-48-33)17-8-10-26-19-29(38)13-15-30(26)35/h7,12-13,15-16,18-20,24-25,28,31,44H,5-6,8-11,14,17,21-23H2,1-4H3,(H,41,43)/b18-7-/t24-,25+,28-,31+,35-,36-/m0/s1. The van der Waals surface area contributed by atoms with Crippen LogP contribution in [0.3, 0.4) is 0 Å². The average Bonchev–Trinajstić information content (AvgIpc) is 3.22.